The Bertz CT molecular complexity index is 515. The van der Waals surface area contributed by atoms with Crippen molar-refractivity contribution in [2.75, 3.05) is 18.0 Å². The summed E-state index contributed by atoms with van der Waals surface area (Å²) in [5, 5.41) is 18.2. The molecule has 0 bridgehead atoms. The van der Waals surface area contributed by atoms with Crippen molar-refractivity contribution in [2.24, 2.45) is 5.41 Å². The van der Waals surface area contributed by atoms with E-state index in [0.29, 0.717) is 12.8 Å². The molecule has 4 heteroatoms. The minimum atomic E-state index is -0.784. The van der Waals surface area contributed by atoms with Crippen LogP contribution in [0.3, 0.4) is 0 Å². The van der Waals surface area contributed by atoms with Crippen LogP contribution in [0, 0.1) is 35.0 Å². The van der Waals surface area contributed by atoms with Crippen molar-refractivity contribution in [3.8, 4) is 12.1 Å². The van der Waals surface area contributed by atoms with E-state index in [2.05, 4.69) is 58.1 Å². The molecule has 3 nitrogen and oxygen atoms in total. The summed E-state index contributed by atoms with van der Waals surface area (Å²) >= 11 is 3.57. The van der Waals surface area contributed by atoms with Gasteiger partial charge < -0.3 is 4.90 Å². The molecule has 0 amide bonds. The maximum Gasteiger partial charge on any atom is 0.147 e. The van der Waals surface area contributed by atoms with E-state index in [0.717, 1.165) is 23.2 Å². The van der Waals surface area contributed by atoms with Gasteiger partial charge in [-0.25, -0.2) is 0 Å². The highest BCUT2D eigenvalue weighted by molar-refractivity contribution is 9.10. The third-order valence-electron chi connectivity index (χ3n) is 3.49. The van der Waals surface area contributed by atoms with E-state index in [4.69, 9.17) is 10.5 Å². The van der Waals surface area contributed by atoms with Gasteiger partial charge >= 0.3 is 0 Å². The smallest absolute Gasteiger partial charge is 0.147 e. The van der Waals surface area contributed by atoms with E-state index in [-0.39, 0.29) is 0 Å². The van der Waals surface area contributed by atoms with E-state index in [9.17, 15) is 0 Å². The molecule has 1 saturated heterocycles. The van der Waals surface area contributed by atoms with E-state index in [1.54, 1.807) is 0 Å². The Balaban J connectivity index is 2.16. The van der Waals surface area contributed by atoms with Gasteiger partial charge in [0.05, 0.1) is 17.8 Å². The maximum atomic E-state index is 9.09. The number of nitriles is 2. The Morgan fingerprint density at radius 3 is 2.33 bits per heavy atom. The molecule has 0 spiro atoms. The predicted octanol–water partition coefficient (Wildman–Crippen LogP) is 3.39. The van der Waals surface area contributed by atoms with Crippen LogP contribution in [0.2, 0.25) is 0 Å². The number of hydrogen-bond donors (Lipinski definition) is 0. The standard InChI is InChI=1S/C14H14BrN3/c1-11-2-3-13(12(15)8-11)18-6-4-14(9-16,10-17)5-7-18/h2-3,8H,4-7H2,1H3. The number of benzene rings is 1. The number of halogens is 1. The van der Waals surface area contributed by atoms with E-state index in [1.165, 1.54) is 5.56 Å². The molecule has 0 aromatic heterocycles. The summed E-state index contributed by atoms with van der Waals surface area (Å²) in [5.41, 5.74) is 1.57. The van der Waals surface area contributed by atoms with Crippen LogP contribution in [-0.4, -0.2) is 13.1 Å². The van der Waals surface area contributed by atoms with Gasteiger partial charge in [-0.05, 0) is 53.4 Å². The summed E-state index contributed by atoms with van der Waals surface area (Å²) in [7, 11) is 0. The molecule has 92 valence electrons. The molecule has 0 N–H and O–H groups in total. The third-order valence-corrected chi connectivity index (χ3v) is 4.12. The molecular weight excluding hydrogens is 290 g/mol. The molecule has 0 radical (unpaired) electrons. The van der Waals surface area contributed by atoms with Crippen LogP contribution >= 0.6 is 15.9 Å². The lowest BCUT2D eigenvalue weighted by Crippen LogP contribution is -2.39. The molecule has 1 aliphatic rings. The van der Waals surface area contributed by atoms with Crippen LogP contribution in [0.25, 0.3) is 0 Å². The number of anilines is 1. The number of rotatable bonds is 1. The van der Waals surface area contributed by atoms with Crippen LogP contribution in [0.1, 0.15) is 18.4 Å². The molecule has 0 saturated carbocycles. The lowest BCUT2D eigenvalue weighted by atomic mass is 9.81. The summed E-state index contributed by atoms with van der Waals surface area (Å²) in [6, 6.07) is 10.6. The number of hydrogen-bond acceptors (Lipinski definition) is 3. The van der Waals surface area contributed by atoms with Gasteiger partial charge in [0.25, 0.3) is 0 Å². The first-order chi connectivity index (χ1) is 8.60. The van der Waals surface area contributed by atoms with Crippen molar-refractivity contribution < 1.29 is 0 Å². The first-order valence-corrected chi connectivity index (χ1v) is 6.73. The Kier molecular flexibility index (Phi) is 3.59. The van der Waals surface area contributed by atoms with Gasteiger partial charge in [0.1, 0.15) is 5.41 Å². The highest BCUT2D eigenvalue weighted by Crippen LogP contribution is 2.35. The molecular formula is C14H14BrN3. The second kappa shape index (κ2) is 5.00. The Morgan fingerprint density at radius 2 is 1.83 bits per heavy atom. The van der Waals surface area contributed by atoms with Crippen LogP contribution in [0.15, 0.2) is 22.7 Å². The Labute approximate surface area is 116 Å². The number of aryl methyl sites for hydroxylation is 1. The third kappa shape index (κ3) is 2.35. The molecule has 0 unspecified atom stereocenters. The largest absolute Gasteiger partial charge is 0.370 e. The topological polar surface area (TPSA) is 50.8 Å². The zero-order valence-electron chi connectivity index (χ0n) is 10.3. The second-order valence-corrected chi connectivity index (χ2v) is 5.60. The molecule has 2 rings (SSSR count). The molecule has 1 aliphatic heterocycles. The average molecular weight is 304 g/mol. The molecule has 0 aliphatic carbocycles. The van der Waals surface area contributed by atoms with Crippen LogP contribution in [0.4, 0.5) is 5.69 Å². The van der Waals surface area contributed by atoms with Gasteiger partial charge in [0, 0.05) is 17.6 Å². The van der Waals surface area contributed by atoms with Gasteiger partial charge in [-0.15, -0.1) is 0 Å². The lowest BCUT2D eigenvalue weighted by molar-refractivity contribution is 0.393. The fraction of sp³-hybridized carbons (Fsp3) is 0.429. The first kappa shape index (κ1) is 12.9. The highest BCUT2D eigenvalue weighted by Gasteiger charge is 2.35. The zero-order valence-corrected chi connectivity index (χ0v) is 11.9. The molecule has 1 fully saturated rings. The second-order valence-electron chi connectivity index (χ2n) is 4.75. The van der Waals surface area contributed by atoms with Gasteiger partial charge in [-0.1, -0.05) is 6.07 Å². The molecule has 1 heterocycles. The van der Waals surface area contributed by atoms with E-state index >= 15 is 0 Å². The minimum absolute atomic E-state index is 0.611. The molecule has 18 heavy (non-hydrogen) atoms. The highest BCUT2D eigenvalue weighted by atomic mass is 79.9. The predicted molar refractivity (Wildman–Crippen MR) is 74.0 cm³/mol. The quantitative estimate of drug-likeness (QED) is 0.799. The van der Waals surface area contributed by atoms with Gasteiger partial charge in [-0.2, -0.15) is 10.5 Å². The van der Waals surface area contributed by atoms with Crippen LogP contribution < -0.4 is 4.90 Å². The minimum Gasteiger partial charge on any atom is -0.370 e. The van der Waals surface area contributed by atoms with Crippen molar-refractivity contribution in [2.45, 2.75) is 19.8 Å². The zero-order chi connectivity index (χ0) is 13.2. The Morgan fingerprint density at radius 1 is 1.22 bits per heavy atom. The SMILES string of the molecule is Cc1ccc(N2CCC(C#N)(C#N)CC2)c(Br)c1. The van der Waals surface area contributed by atoms with Crippen molar-refractivity contribution in [1.29, 1.82) is 10.5 Å². The fourth-order valence-corrected chi connectivity index (χ4v) is 2.99. The maximum absolute atomic E-state index is 9.09. The summed E-state index contributed by atoms with van der Waals surface area (Å²) < 4.78 is 1.07. The summed E-state index contributed by atoms with van der Waals surface area (Å²) in [4.78, 5) is 2.23. The van der Waals surface area contributed by atoms with Gasteiger partial charge in [0.15, 0.2) is 0 Å². The summed E-state index contributed by atoms with van der Waals surface area (Å²) in [6.07, 6.45) is 1.22. The van der Waals surface area contributed by atoms with Crippen LogP contribution in [0.5, 0.6) is 0 Å². The molecule has 0 atom stereocenters. The lowest BCUT2D eigenvalue weighted by Gasteiger charge is -2.35. The Hall–Kier alpha value is -1.52. The normalized spacial score (nSPS) is 17.9. The summed E-state index contributed by atoms with van der Waals surface area (Å²) in [6.45, 7) is 3.56. The van der Waals surface area contributed by atoms with Crippen molar-refractivity contribution in [3.63, 3.8) is 0 Å². The van der Waals surface area contributed by atoms with E-state index < -0.39 is 5.41 Å². The number of nitrogens with zero attached hydrogens (tertiary/aromatic N) is 3. The van der Waals surface area contributed by atoms with Crippen molar-refractivity contribution >= 4 is 21.6 Å². The van der Waals surface area contributed by atoms with Gasteiger partial charge in [0.2, 0.25) is 0 Å². The molecule has 1 aromatic rings. The monoisotopic (exact) mass is 303 g/mol. The average Bonchev–Trinajstić information content (AvgIpc) is 2.39. The molecule has 1 aromatic carbocycles. The van der Waals surface area contributed by atoms with Crippen LogP contribution in [-0.2, 0) is 0 Å². The van der Waals surface area contributed by atoms with Crippen molar-refractivity contribution in [3.05, 3.63) is 28.2 Å². The summed E-state index contributed by atoms with van der Waals surface area (Å²) in [5.74, 6) is 0. The van der Waals surface area contributed by atoms with E-state index in [1.807, 2.05) is 0 Å². The van der Waals surface area contributed by atoms with Gasteiger partial charge in [-0.3, -0.25) is 0 Å². The first-order valence-electron chi connectivity index (χ1n) is 5.94. The van der Waals surface area contributed by atoms with Crippen molar-refractivity contribution in [1.82, 2.24) is 0 Å². The fourth-order valence-electron chi connectivity index (χ4n) is 2.25. The number of piperidine rings is 1.